The highest BCUT2D eigenvalue weighted by molar-refractivity contribution is 8.00. The Morgan fingerprint density at radius 1 is 0.905 bits per heavy atom. The van der Waals surface area contributed by atoms with E-state index in [0.717, 1.165) is 12.2 Å². The second-order valence-corrected chi connectivity index (χ2v) is 6.52. The van der Waals surface area contributed by atoms with Gasteiger partial charge in [-0.15, -0.1) is 11.8 Å². The number of carboxylic acids is 2. The Balaban J connectivity index is 0. The average Bonchev–Trinajstić information content (AvgIpc) is 2.45. The van der Waals surface area contributed by atoms with E-state index in [2.05, 4.69) is 6.92 Å². The molecule has 0 radical (unpaired) electrons. The summed E-state index contributed by atoms with van der Waals surface area (Å²) in [4.78, 5) is 19.9. The first-order chi connectivity index (χ1) is 9.95. The number of hydrogen-bond donors (Lipinski definition) is 2. The van der Waals surface area contributed by atoms with Crippen LogP contribution in [0.25, 0.3) is 0 Å². The van der Waals surface area contributed by atoms with Crippen molar-refractivity contribution in [1.82, 2.24) is 0 Å². The Kier molecular flexibility index (Phi) is 18.6. The Hall–Kier alpha value is -0.710. The highest BCUT2D eigenvalue weighted by atomic mass is 32.2. The molecule has 0 spiro atoms. The van der Waals surface area contributed by atoms with E-state index in [0.29, 0.717) is 0 Å². The van der Waals surface area contributed by atoms with Crippen molar-refractivity contribution in [2.45, 2.75) is 83.8 Å². The van der Waals surface area contributed by atoms with E-state index < -0.39 is 11.9 Å². The molecule has 0 saturated carbocycles. The maximum Gasteiger partial charge on any atom is 0.316 e. The van der Waals surface area contributed by atoms with Gasteiger partial charge in [0.25, 0.3) is 0 Å². The molecule has 0 fully saturated rings. The molecular weight excluding hydrogens is 288 g/mol. The smallest absolute Gasteiger partial charge is 0.316 e. The van der Waals surface area contributed by atoms with E-state index in [1.165, 1.54) is 44.9 Å². The third-order valence-electron chi connectivity index (χ3n) is 3.02. The molecule has 126 valence electrons. The number of aliphatic carboxylic acids is 2. The fraction of sp³-hybridized carbons (Fsp3) is 0.875. The SMILES string of the molecule is CCC(=O)O.CCCCCCCCCCSC(C)C(=O)O. The highest BCUT2D eigenvalue weighted by Gasteiger charge is 2.09. The van der Waals surface area contributed by atoms with Crippen LogP contribution in [-0.2, 0) is 9.59 Å². The van der Waals surface area contributed by atoms with Gasteiger partial charge >= 0.3 is 11.9 Å². The summed E-state index contributed by atoms with van der Waals surface area (Å²) in [5.41, 5.74) is 0. The number of hydrogen-bond acceptors (Lipinski definition) is 3. The molecule has 1 atom stereocenters. The lowest BCUT2D eigenvalue weighted by molar-refractivity contribution is -0.137. The minimum absolute atomic E-state index is 0.222. The van der Waals surface area contributed by atoms with Gasteiger partial charge in [-0.3, -0.25) is 9.59 Å². The van der Waals surface area contributed by atoms with Crippen LogP contribution in [0.4, 0.5) is 0 Å². The van der Waals surface area contributed by atoms with Gasteiger partial charge in [-0.2, -0.15) is 0 Å². The zero-order valence-corrected chi connectivity index (χ0v) is 14.6. The van der Waals surface area contributed by atoms with Gasteiger partial charge in [0.1, 0.15) is 0 Å². The van der Waals surface area contributed by atoms with E-state index in [9.17, 15) is 9.59 Å². The highest BCUT2D eigenvalue weighted by Crippen LogP contribution is 2.15. The van der Waals surface area contributed by atoms with Gasteiger partial charge in [0.15, 0.2) is 0 Å². The quantitative estimate of drug-likeness (QED) is 0.504. The van der Waals surface area contributed by atoms with Crippen molar-refractivity contribution in [3.05, 3.63) is 0 Å². The molecule has 2 N–H and O–H groups in total. The van der Waals surface area contributed by atoms with Gasteiger partial charge in [0.05, 0.1) is 5.25 Å². The van der Waals surface area contributed by atoms with Crippen molar-refractivity contribution in [3.63, 3.8) is 0 Å². The third kappa shape index (κ3) is 21.7. The molecule has 4 nitrogen and oxygen atoms in total. The van der Waals surface area contributed by atoms with Crippen molar-refractivity contribution in [2.24, 2.45) is 0 Å². The van der Waals surface area contributed by atoms with E-state index >= 15 is 0 Å². The molecule has 0 aromatic carbocycles. The number of unbranched alkanes of at least 4 members (excludes halogenated alkanes) is 7. The number of carboxylic acid groups (broad SMARTS) is 2. The molecule has 0 aliphatic carbocycles. The van der Waals surface area contributed by atoms with Crippen LogP contribution in [0.3, 0.4) is 0 Å². The molecule has 0 aliphatic rings. The van der Waals surface area contributed by atoms with Crippen LogP contribution in [0.2, 0.25) is 0 Å². The second-order valence-electron chi connectivity index (χ2n) is 5.07. The molecule has 0 aromatic rings. The third-order valence-corrected chi connectivity index (χ3v) is 4.24. The summed E-state index contributed by atoms with van der Waals surface area (Å²) in [6, 6.07) is 0. The van der Waals surface area contributed by atoms with E-state index in [-0.39, 0.29) is 11.7 Å². The summed E-state index contributed by atoms with van der Waals surface area (Å²) in [6.07, 6.45) is 10.7. The molecular formula is C16H32O4S. The van der Waals surface area contributed by atoms with Crippen LogP contribution >= 0.6 is 11.8 Å². The maximum atomic E-state index is 10.5. The zero-order valence-electron chi connectivity index (χ0n) is 13.8. The van der Waals surface area contributed by atoms with Crippen LogP contribution in [0.15, 0.2) is 0 Å². The maximum absolute atomic E-state index is 10.5. The van der Waals surface area contributed by atoms with E-state index in [4.69, 9.17) is 10.2 Å². The molecule has 0 saturated heterocycles. The Morgan fingerprint density at radius 3 is 1.71 bits per heavy atom. The van der Waals surface area contributed by atoms with Crippen molar-refractivity contribution in [3.8, 4) is 0 Å². The van der Waals surface area contributed by atoms with Crippen molar-refractivity contribution in [1.29, 1.82) is 0 Å². The Labute approximate surface area is 133 Å². The lowest BCUT2D eigenvalue weighted by atomic mass is 10.1. The predicted octanol–water partition coefficient (Wildman–Crippen LogP) is 4.81. The molecule has 0 bridgehead atoms. The molecule has 21 heavy (non-hydrogen) atoms. The number of rotatable bonds is 12. The van der Waals surface area contributed by atoms with Crippen LogP contribution in [0, 0.1) is 0 Å². The summed E-state index contributed by atoms with van der Waals surface area (Å²) in [5.74, 6) is -0.447. The van der Waals surface area contributed by atoms with E-state index in [1.807, 2.05) is 0 Å². The number of carbonyl (C=O) groups is 2. The topological polar surface area (TPSA) is 74.6 Å². The lowest BCUT2D eigenvalue weighted by Gasteiger charge is -2.05. The van der Waals surface area contributed by atoms with Crippen molar-refractivity contribution < 1.29 is 19.8 Å². The Morgan fingerprint density at radius 2 is 1.33 bits per heavy atom. The first-order valence-electron chi connectivity index (χ1n) is 8.01. The van der Waals surface area contributed by atoms with Gasteiger partial charge in [0.2, 0.25) is 0 Å². The summed E-state index contributed by atoms with van der Waals surface area (Å²) in [6.45, 7) is 5.60. The molecule has 0 heterocycles. The van der Waals surface area contributed by atoms with E-state index in [1.54, 1.807) is 25.6 Å². The predicted molar refractivity (Wildman–Crippen MR) is 90.1 cm³/mol. The largest absolute Gasteiger partial charge is 0.481 e. The Bertz CT molecular complexity index is 257. The first kappa shape index (κ1) is 22.6. The zero-order chi connectivity index (χ0) is 16.5. The minimum atomic E-state index is -0.745. The lowest BCUT2D eigenvalue weighted by Crippen LogP contribution is -2.11. The summed E-state index contributed by atoms with van der Waals surface area (Å²) < 4.78 is 0. The average molecular weight is 320 g/mol. The molecule has 0 aromatic heterocycles. The summed E-state index contributed by atoms with van der Waals surface area (Å²) >= 11 is 1.56. The van der Waals surface area contributed by atoms with Crippen molar-refractivity contribution >= 4 is 23.7 Å². The van der Waals surface area contributed by atoms with Crippen LogP contribution < -0.4 is 0 Å². The van der Waals surface area contributed by atoms with Crippen LogP contribution in [0.1, 0.15) is 78.6 Å². The first-order valence-corrected chi connectivity index (χ1v) is 9.06. The molecule has 1 unspecified atom stereocenters. The van der Waals surface area contributed by atoms with Crippen molar-refractivity contribution in [2.75, 3.05) is 5.75 Å². The molecule has 5 heteroatoms. The standard InChI is InChI=1S/C13H26O2S.C3H6O2/c1-3-4-5-6-7-8-9-10-11-16-12(2)13(14)15;1-2-3(4)5/h12H,3-11H2,1-2H3,(H,14,15);2H2,1H3,(H,4,5). The minimum Gasteiger partial charge on any atom is -0.481 e. The van der Waals surface area contributed by atoms with Crippen LogP contribution in [-0.4, -0.2) is 33.2 Å². The normalized spacial score (nSPS) is 11.4. The summed E-state index contributed by atoms with van der Waals surface area (Å²) in [5, 5.41) is 16.2. The molecule has 0 aliphatic heterocycles. The fourth-order valence-corrected chi connectivity index (χ4v) is 2.43. The number of thioether (sulfide) groups is 1. The van der Waals surface area contributed by atoms with Gasteiger partial charge in [-0.1, -0.05) is 58.8 Å². The molecule has 0 rings (SSSR count). The molecule has 0 amide bonds. The monoisotopic (exact) mass is 320 g/mol. The van der Waals surface area contributed by atoms with Crippen LogP contribution in [0.5, 0.6) is 0 Å². The second kappa shape index (κ2) is 17.3. The van der Waals surface area contributed by atoms with Gasteiger partial charge < -0.3 is 10.2 Å². The summed E-state index contributed by atoms with van der Waals surface area (Å²) in [7, 11) is 0. The van der Waals surface area contributed by atoms with Gasteiger partial charge in [-0.05, 0) is 19.1 Å². The fourth-order valence-electron chi connectivity index (χ4n) is 1.57. The van der Waals surface area contributed by atoms with Gasteiger partial charge in [-0.25, -0.2) is 0 Å². The van der Waals surface area contributed by atoms with Gasteiger partial charge in [0, 0.05) is 6.42 Å².